The van der Waals surface area contributed by atoms with Gasteiger partial charge in [0.05, 0.1) is 18.3 Å². The number of rotatable bonds is 3. The summed E-state index contributed by atoms with van der Waals surface area (Å²) in [5, 5.41) is 0. The number of esters is 1. The highest BCUT2D eigenvalue weighted by Crippen LogP contribution is 2.21. The second kappa shape index (κ2) is 7.19. The molecule has 0 saturated carbocycles. The van der Waals surface area contributed by atoms with E-state index >= 15 is 0 Å². The van der Waals surface area contributed by atoms with Gasteiger partial charge >= 0.3 is 12.1 Å². The maximum Gasteiger partial charge on any atom is 0.410 e. The van der Waals surface area contributed by atoms with Gasteiger partial charge in [0.25, 0.3) is 0 Å². The standard InChI is InChI=1S/C19H22N2O5/c1-19(2,3)26-18(23)21-9-8-15(11-21)25-17(22)14-6-4-13(5-7-14)16-10-20-12-24-16/h4-7,10,12,15H,8-9,11H2,1-3H3/t15-/m0/s1. The van der Waals surface area contributed by atoms with E-state index in [-0.39, 0.29) is 12.2 Å². The smallest absolute Gasteiger partial charge is 0.410 e. The molecular formula is C19H22N2O5. The molecule has 0 radical (unpaired) electrons. The maximum atomic E-state index is 12.3. The van der Waals surface area contributed by atoms with E-state index in [0.29, 0.717) is 30.8 Å². The minimum atomic E-state index is -0.545. The molecule has 1 aliphatic heterocycles. The Balaban J connectivity index is 1.55. The van der Waals surface area contributed by atoms with Crippen LogP contribution in [-0.4, -0.2) is 46.7 Å². The van der Waals surface area contributed by atoms with Crippen LogP contribution in [0.25, 0.3) is 11.3 Å². The van der Waals surface area contributed by atoms with Gasteiger partial charge in [0, 0.05) is 18.5 Å². The molecule has 0 spiro atoms. The fourth-order valence-electron chi connectivity index (χ4n) is 2.67. The van der Waals surface area contributed by atoms with Gasteiger partial charge in [-0.2, -0.15) is 0 Å². The maximum absolute atomic E-state index is 12.3. The zero-order valence-electron chi connectivity index (χ0n) is 15.1. The van der Waals surface area contributed by atoms with Crippen molar-refractivity contribution >= 4 is 12.1 Å². The zero-order valence-corrected chi connectivity index (χ0v) is 15.1. The molecular weight excluding hydrogens is 336 g/mol. The lowest BCUT2D eigenvalue weighted by Crippen LogP contribution is -2.36. The highest BCUT2D eigenvalue weighted by molar-refractivity contribution is 5.90. The highest BCUT2D eigenvalue weighted by Gasteiger charge is 2.31. The lowest BCUT2D eigenvalue weighted by molar-refractivity contribution is 0.0191. The number of benzene rings is 1. The average Bonchev–Trinajstić information content (AvgIpc) is 3.25. The Morgan fingerprint density at radius 1 is 1.23 bits per heavy atom. The number of hydrogen-bond donors (Lipinski definition) is 0. The fourth-order valence-corrected chi connectivity index (χ4v) is 2.67. The second-order valence-electron chi connectivity index (χ2n) is 7.19. The lowest BCUT2D eigenvalue weighted by atomic mass is 10.1. The van der Waals surface area contributed by atoms with Crippen LogP contribution in [0.1, 0.15) is 37.6 Å². The normalized spacial score (nSPS) is 17.2. The molecule has 1 fully saturated rings. The molecule has 0 unspecified atom stereocenters. The van der Waals surface area contributed by atoms with Gasteiger partial charge in [-0.15, -0.1) is 0 Å². The van der Waals surface area contributed by atoms with E-state index in [2.05, 4.69) is 4.98 Å². The van der Waals surface area contributed by atoms with Crippen molar-refractivity contribution in [2.24, 2.45) is 0 Å². The van der Waals surface area contributed by atoms with Crippen LogP contribution >= 0.6 is 0 Å². The molecule has 1 saturated heterocycles. The summed E-state index contributed by atoms with van der Waals surface area (Å²) in [5.41, 5.74) is 0.733. The van der Waals surface area contributed by atoms with Crippen LogP contribution in [0.4, 0.5) is 4.79 Å². The summed E-state index contributed by atoms with van der Waals surface area (Å²) in [6.45, 7) is 6.32. The molecule has 26 heavy (non-hydrogen) atoms. The van der Waals surface area contributed by atoms with Crippen LogP contribution in [0.2, 0.25) is 0 Å². The molecule has 138 valence electrons. The van der Waals surface area contributed by atoms with Crippen molar-refractivity contribution < 1.29 is 23.5 Å². The van der Waals surface area contributed by atoms with E-state index in [4.69, 9.17) is 13.9 Å². The van der Waals surface area contributed by atoms with Crippen molar-refractivity contribution in [1.29, 1.82) is 0 Å². The van der Waals surface area contributed by atoms with E-state index in [1.165, 1.54) is 6.39 Å². The number of carbonyl (C=O) groups excluding carboxylic acids is 2. The number of likely N-dealkylation sites (tertiary alicyclic amines) is 1. The van der Waals surface area contributed by atoms with E-state index in [9.17, 15) is 9.59 Å². The molecule has 1 aliphatic rings. The number of ether oxygens (including phenoxy) is 2. The Bertz CT molecular complexity index is 762. The molecule has 3 rings (SSSR count). The van der Waals surface area contributed by atoms with E-state index in [0.717, 1.165) is 5.56 Å². The summed E-state index contributed by atoms with van der Waals surface area (Å²) in [6.07, 6.45) is 2.85. The van der Waals surface area contributed by atoms with Gasteiger partial charge in [0.2, 0.25) is 0 Å². The number of carbonyl (C=O) groups is 2. The lowest BCUT2D eigenvalue weighted by Gasteiger charge is -2.24. The molecule has 2 heterocycles. The van der Waals surface area contributed by atoms with Crippen LogP contribution < -0.4 is 0 Å². The summed E-state index contributed by atoms with van der Waals surface area (Å²) in [7, 11) is 0. The van der Waals surface area contributed by atoms with Gasteiger partial charge in [0.1, 0.15) is 11.7 Å². The Kier molecular flexibility index (Phi) is 4.97. The molecule has 0 N–H and O–H groups in total. The van der Waals surface area contributed by atoms with Crippen molar-refractivity contribution in [2.45, 2.75) is 38.9 Å². The minimum Gasteiger partial charge on any atom is -0.457 e. The van der Waals surface area contributed by atoms with Crippen molar-refractivity contribution in [3.8, 4) is 11.3 Å². The highest BCUT2D eigenvalue weighted by atomic mass is 16.6. The molecule has 1 amide bonds. The van der Waals surface area contributed by atoms with Crippen LogP contribution in [0, 0.1) is 0 Å². The largest absolute Gasteiger partial charge is 0.457 e. The van der Waals surface area contributed by atoms with Crippen molar-refractivity contribution in [3.63, 3.8) is 0 Å². The predicted octanol–water partition coefficient (Wildman–Crippen LogP) is 3.51. The number of amides is 1. The summed E-state index contributed by atoms with van der Waals surface area (Å²) in [4.78, 5) is 29.8. The first kappa shape index (κ1) is 18.0. The van der Waals surface area contributed by atoms with Crippen LogP contribution in [0.5, 0.6) is 0 Å². The van der Waals surface area contributed by atoms with E-state index in [1.807, 2.05) is 20.8 Å². The van der Waals surface area contributed by atoms with Gasteiger partial charge in [-0.3, -0.25) is 0 Å². The monoisotopic (exact) mass is 358 g/mol. The zero-order chi connectivity index (χ0) is 18.7. The summed E-state index contributed by atoms with van der Waals surface area (Å²) in [6, 6.07) is 6.92. The fraction of sp³-hybridized carbons (Fsp3) is 0.421. The first-order chi connectivity index (χ1) is 12.3. The quantitative estimate of drug-likeness (QED) is 0.781. The number of aromatic nitrogens is 1. The molecule has 1 atom stereocenters. The first-order valence-corrected chi connectivity index (χ1v) is 8.50. The van der Waals surface area contributed by atoms with Crippen LogP contribution in [0.15, 0.2) is 41.3 Å². The Morgan fingerprint density at radius 3 is 2.58 bits per heavy atom. The van der Waals surface area contributed by atoms with Gasteiger partial charge < -0.3 is 18.8 Å². The molecule has 0 aliphatic carbocycles. The van der Waals surface area contributed by atoms with Gasteiger partial charge in [-0.05, 0) is 32.9 Å². The topological polar surface area (TPSA) is 81.9 Å². The van der Waals surface area contributed by atoms with E-state index in [1.54, 1.807) is 35.4 Å². The van der Waals surface area contributed by atoms with Crippen molar-refractivity contribution in [2.75, 3.05) is 13.1 Å². The van der Waals surface area contributed by atoms with Crippen LogP contribution in [0.3, 0.4) is 0 Å². The van der Waals surface area contributed by atoms with Crippen molar-refractivity contribution in [3.05, 3.63) is 42.4 Å². The molecule has 7 heteroatoms. The molecule has 1 aromatic carbocycles. The number of oxazole rings is 1. The summed E-state index contributed by atoms with van der Waals surface area (Å²) in [5.74, 6) is 0.221. The minimum absolute atomic E-state index is 0.330. The Labute approximate surface area is 151 Å². The van der Waals surface area contributed by atoms with Gasteiger partial charge in [-0.25, -0.2) is 14.6 Å². The summed E-state index contributed by atoms with van der Waals surface area (Å²) < 4.78 is 16.1. The van der Waals surface area contributed by atoms with Gasteiger partial charge in [0.15, 0.2) is 12.2 Å². The predicted molar refractivity (Wildman–Crippen MR) is 93.6 cm³/mol. The van der Waals surface area contributed by atoms with Gasteiger partial charge in [-0.1, -0.05) is 12.1 Å². The first-order valence-electron chi connectivity index (χ1n) is 8.50. The van der Waals surface area contributed by atoms with Crippen LogP contribution in [-0.2, 0) is 9.47 Å². The SMILES string of the molecule is CC(C)(C)OC(=O)N1CC[C@H](OC(=O)c2ccc(-c3cnco3)cc2)C1. The van der Waals surface area contributed by atoms with Crippen molar-refractivity contribution in [1.82, 2.24) is 9.88 Å². The Hall–Kier alpha value is -2.83. The molecule has 7 nitrogen and oxygen atoms in total. The Morgan fingerprint density at radius 2 is 1.96 bits per heavy atom. The summed E-state index contributed by atoms with van der Waals surface area (Å²) >= 11 is 0. The third kappa shape index (κ3) is 4.41. The van der Waals surface area contributed by atoms with E-state index < -0.39 is 11.6 Å². The second-order valence-corrected chi connectivity index (χ2v) is 7.19. The average molecular weight is 358 g/mol. The molecule has 1 aromatic heterocycles. The number of hydrogen-bond acceptors (Lipinski definition) is 6. The third-order valence-electron chi connectivity index (χ3n) is 3.91. The third-order valence-corrected chi connectivity index (χ3v) is 3.91. The number of nitrogens with zero attached hydrogens (tertiary/aromatic N) is 2. The molecule has 0 bridgehead atoms. The molecule has 2 aromatic rings.